The Morgan fingerprint density at radius 3 is 2.35 bits per heavy atom. The van der Waals surface area contributed by atoms with Crippen LogP contribution < -0.4 is 5.32 Å². The Kier molecular flexibility index (Phi) is 5.02. The molecule has 4 heteroatoms. The average Bonchev–Trinajstić information content (AvgIpc) is 2.27. The fourth-order valence-electron chi connectivity index (χ4n) is 1.29. The van der Waals surface area contributed by atoms with Gasteiger partial charge in [-0.25, -0.2) is 9.97 Å². The Morgan fingerprint density at radius 1 is 1.29 bits per heavy atom. The molecule has 1 aromatic rings. The molecule has 1 atom stereocenters. The van der Waals surface area contributed by atoms with E-state index in [1.54, 1.807) is 7.11 Å². The lowest BCUT2D eigenvalue weighted by Gasteiger charge is -2.20. The molecule has 1 N–H and O–H groups in total. The van der Waals surface area contributed by atoms with E-state index in [9.17, 15) is 0 Å². The number of hydrogen-bond acceptors (Lipinski definition) is 4. The van der Waals surface area contributed by atoms with Crippen molar-refractivity contribution in [3.63, 3.8) is 0 Å². The minimum Gasteiger partial charge on any atom is -0.381 e. The molecular formula is C13H23N3O. The third kappa shape index (κ3) is 5.75. The first kappa shape index (κ1) is 14.1. The molecule has 0 aliphatic rings. The van der Waals surface area contributed by atoms with Crippen molar-refractivity contribution < 1.29 is 4.74 Å². The molecule has 0 spiro atoms. The van der Waals surface area contributed by atoms with Crippen LogP contribution in [0, 0.1) is 0 Å². The van der Waals surface area contributed by atoms with E-state index in [4.69, 9.17) is 4.74 Å². The van der Waals surface area contributed by atoms with Gasteiger partial charge in [-0.1, -0.05) is 0 Å². The van der Waals surface area contributed by atoms with Gasteiger partial charge in [0.15, 0.2) is 0 Å². The first-order valence-electron chi connectivity index (χ1n) is 5.98. The predicted octanol–water partition coefficient (Wildman–Crippen LogP) is 1.94. The summed E-state index contributed by atoms with van der Waals surface area (Å²) in [5.74, 6) is 0.832. The number of aromatic nitrogens is 2. The summed E-state index contributed by atoms with van der Waals surface area (Å²) < 4.78 is 5.18. The van der Waals surface area contributed by atoms with Gasteiger partial charge in [-0.2, -0.15) is 0 Å². The molecule has 0 aromatic carbocycles. The Labute approximate surface area is 104 Å². The van der Waals surface area contributed by atoms with Gasteiger partial charge in [-0.3, -0.25) is 0 Å². The van der Waals surface area contributed by atoms with Crippen LogP contribution in [0.4, 0.5) is 0 Å². The lowest BCUT2D eigenvalue weighted by molar-refractivity contribution is 0.117. The van der Waals surface area contributed by atoms with Crippen LogP contribution in [0.2, 0.25) is 0 Å². The number of ether oxygens (including phenoxy) is 1. The van der Waals surface area contributed by atoms with Crippen molar-refractivity contribution in [1.82, 2.24) is 15.3 Å². The highest BCUT2D eigenvalue weighted by molar-refractivity contribution is 5.05. The molecule has 0 bridgehead atoms. The molecule has 17 heavy (non-hydrogen) atoms. The number of hydrogen-bond donors (Lipinski definition) is 1. The first-order valence-corrected chi connectivity index (χ1v) is 5.98. The standard InChI is InChI=1S/C13H23N3O/c1-10(17-5)6-12-14-7-11(8-15-12)9-16-13(2,3)4/h7-8,10,16H,6,9H2,1-5H3. The van der Waals surface area contributed by atoms with E-state index >= 15 is 0 Å². The summed E-state index contributed by atoms with van der Waals surface area (Å²) in [6, 6.07) is 0. The van der Waals surface area contributed by atoms with Crippen LogP contribution in [0.1, 0.15) is 39.1 Å². The minimum atomic E-state index is 0.114. The molecule has 0 radical (unpaired) electrons. The average molecular weight is 237 g/mol. The van der Waals surface area contributed by atoms with E-state index in [1.807, 2.05) is 19.3 Å². The molecule has 1 unspecified atom stereocenters. The van der Waals surface area contributed by atoms with Gasteiger partial charge < -0.3 is 10.1 Å². The summed E-state index contributed by atoms with van der Waals surface area (Å²) in [5.41, 5.74) is 1.22. The number of methoxy groups -OCH3 is 1. The maximum atomic E-state index is 5.18. The second kappa shape index (κ2) is 6.07. The van der Waals surface area contributed by atoms with Gasteiger partial charge in [0.25, 0.3) is 0 Å². The highest BCUT2D eigenvalue weighted by Crippen LogP contribution is 2.04. The second-order valence-corrected chi connectivity index (χ2v) is 5.36. The fourth-order valence-corrected chi connectivity index (χ4v) is 1.29. The van der Waals surface area contributed by atoms with E-state index in [0.29, 0.717) is 0 Å². The van der Waals surface area contributed by atoms with Gasteiger partial charge in [0.2, 0.25) is 0 Å². The summed E-state index contributed by atoms with van der Waals surface area (Å²) in [6.07, 6.45) is 4.67. The number of nitrogens with zero attached hydrogens (tertiary/aromatic N) is 2. The molecule has 0 saturated heterocycles. The van der Waals surface area contributed by atoms with Crippen molar-refractivity contribution in [1.29, 1.82) is 0 Å². The molecular weight excluding hydrogens is 214 g/mol. The zero-order chi connectivity index (χ0) is 12.9. The Bertz CT molecular complexity index is 330. The van der Waals surface area contributed by atoms with Crippen molar-refractivity contribution >= 4 is 0 Å². The van der Waals surface area contributed by atoms with Crippen LogP contribution >= 0.6 is 0 Å². The van der Waals surface area contributed by atoms with Gasteiger partial charge in [-0.15, -0.1) is 0 Å². The van der Waals surface area contributed by atoms with Crippen molar-refractivity contribution in [2.45, 2.75) is 52.3 Å². The molecule has 1 heterocycles. The van der Waals surface area contributed by atoms with E-state index in [-0.39, 0.29) is 11.6 Å². The molecule has 0 amide bonds. The Hall–Kier alpha value is -1.00. The van der Waals surface area contributed by atoms with Crippen molar-refractivity contribution in [2.75, 3.05) is 7.11 Å². The first-order chi connectivity index (χ1) is 7.90. The molecule has 0 aliphatic heterocycles. The van der Waals surface area contributed by atoms with E-state index < -0.39 is 0 Å². The Morgan fingerprint density at radius 2 is 1.88 bits per heavy atom. The monoisotopic (exact) mass is 237 g/mol. The summed E-state index contributed by atoms with van der Waals surface area (Å²) in [7, 11) is 1.70. The van der Waals surface area contributed by atoms with Crippen LogP contribution in [0.3, 0.4) is 0 Å². The SMILES string of the molecule is COC(C)Cc1ncc(CNC(C)(C)C)cn1. The highest BCUT2D eigenvalue weighted by atomic mass is 16.5. The smallest absolute Gasteiger partial charge is 0.130 e. The lowest BCUT2D eigenvalue weighted by Crippen LogP contribution is -2.35. The third-order valence-electron chi connectivity index (χ3n) is 2.45. The van der Waals surface area contributed by atoms with Gasteiger partial charge in [0, 0.05) is 43.6 Å². The van der Waals surface area contributed by atoms with Gasteiger partial charge in [0.05, 0.1) is 6.10 Å². The van der Waals surface area contributed by atoms with Crippen molar-refractivity contribution in [2.24, 2.45) is 0 Å². The zero-order valence-electron chi connectivity index (χ0n) is 11.4. The summed E-state index contributed by atoms with van der Waals surface area (Å²) in [6.45, 7) is 9.23. The molecule has 96 valence electrons. The van der Waals surface area contributed by atoms with Crippen LogP contribution in [-0.2, 0) is 17.7 Å². The molecule has 0 saturated carbocycles. The largest absolute Gasteiger partial charge is 0.381 e. The summed E-state index contributed by atoms with van der Waals surface area (Å²) in [5, 5.41) is 3.40. The highest BCUT2D eigenvalue weighted by Gasteiger charge is 2.09. The van der Waals surface area contributed by atoms with Crippen LogP contribution in [-0.4, -0.2) is 28.7 Å². The molecule has 4 nitrogen and oxygen atoms in total. The van der Waals surface area contributed by atoms with Gasteiger partial charge >= 0.3 is 0 Å². The third-order valence-corrected chi connectivity index (χ3v) is 2.45. The van der Waals surface area contributed by atoms with Crippen LogP contribution in [0.25, 0.3) is 0 Å². The number of rotatable bonds is 5. The fraction of sp³-hybridized carbons (Fsp3) is 0.692. The molecule has 0 fully saturated rings. The van der Waals surface area contributed by atoms with Gasteiger partial charge in [0.1, 0.15) is 5.82 Å². The lowest BCUT2D eigenvalue weighted by atomic mass is 10.1. The summed E-state index contributed by atoms with van der Waals surface area (Å²) >= 11 is 0. The van der Waals surface area contributed by atoms with Crippen molar-refractivity contribution in [3.8, 4) is 0 Å². The minimum absolute atomic E-state index is 0.114. The topological polar surface area (TPSA) is 47.0 Å². The zero-order valence-corrected chi connectivity index (χ0v) is 11.4. The predicted molar refractivity (Wildman–Crippen MR) is 68.8 cm³/mol. The van der Waals surface area contributed by atoms with Crippen molar-refractivity contribution in [3.05, 3.63) is 23.8 Å². The molecule has 1 rings (SSSR count). The van der Waals surface area contributed by atoms with Gasteiger partial charge in [-0.05, 0) is 27.7 Å². The molecule has 1 aromatic heterocycles. The normalized spacial score (nSPS) is 13.7. The van der Waals surface area contributed by atoms with E-state index in [0.717, 1.165) is 24.4 Å². The maximum Gasteiger partial charge on any atom is 0.130 e. The van der Waals surface area contributed by atoms with E-state index in [1.165, 1.54) is 0 Å². The summed E-state index contributed by atoms with van der Waals surface area (Å²) in [4.78, 5) is 8.67. The second-order valence-electron chi connectivity index (χ2n) is 5.36. The Balaban J connectivity index is 2.50. The number of nitrogens with one attached hydrogen (secondary N) is 1. The van der Waals surface area contributed by atoms with Crippen LogP contribution in [0.5, 0.6) is 0 Å². The quantitative estimate of drug-likeness (QED) is 0.850. The van der Waals surface area contributed by atoms with Crippen LogP contribution in [0.15, 0.2) is 12.4 Å². The molecule has 0 aliphatic carbocycles. The maximum absolute atomic E-state index is 5.18. The van der Waals surface area contributed by atoms with E-state index in [2.05, 4.69) is 36.1 Å².